The summed E-state index contributed by atoms with van der Waals surface area (Å²) in [6.07, 6.45) is -1.33. The fraction of sp³-hybridized carbons (Fsp3) is 0.500. The normalized spacial score (nSPS) is 24.3. The number of hydrogen-bond acceptors (Lipinski definition) is 6. The fourth-order valence-electron chi connectivity index (χ4n) is 2.82. The van der Waals surface area contributed by atoms with Gasteiger partial charge in [0.2, 0.25) is 12.3 Å². The lowest BCUT2D eigenvalue weighted by atomic mass is 10.2. The van der Waals surface area contributed by atoms with Crippen LogP contribution in [0, 0.1) is 0 Å². The van der Waals surface area contributed by atoms with Gasteiger partial charge in [-0.2, -0.15) is 0 Å². The van der Waals surface area contributed by atoms with Gasteiger partial charge in [-0.1, -0.05) is 0 Å². The molecule has 1 aromatic carbocycles. The fourth-order valence-corrected chi connectivity index (χ4v) is 2.82. The van der Waals surface area contributed by atoms with Crippen LogP contribution in [0.25, 0.3) is 0 Å². The minimum atomic E-state index is -1.06. The molecule has 0 radical (unpaired) electrons. The Kier molecular flexibility index (Phi) is 4.98. The van der Waals surface area contributed by atoms with Gasteiger partial charge < -0.3 is 29.7 Å². The molecule has 0 bridgehead atoms. The summed E-state index contributed by atoms with van der Waals surface area (Å²) in [5.41, 5.74) is 1.59. The maximum Gasteiger partial charge on any atom is 0.253 e. The van der Waals surface area contributed by atoms with E-state index in [9.17, 15) is 14.7 Å². The average molecular weight is 335 g/mol. The van der Waals surface area contributed by atoms with Gasteiger partial charge in [-0.15, -0.1) is 0 Å². The number of aliphatic hydroxyl groups excluding tert-OH is 1. The first kappa shape index (κ1) is 16.7. The number of carbonyl (C=O) groups excluding carboxylic acids is 2. The number of benzene rings is 1. The van der Waals surface area contributed by atoms with E-state index in [2.05, 4.69) is 5.32 Å². The molecule has 8 heteroatoms. The highest BCUT2D eigenvalue weighted by atomic mass is 16.6. The van der Waals surface area contributed by atoms with Gasteiger partial charge in [-0.3, -0.25) is 9.59 Å². The van der Waals surface area contributed by atoms with E-state index in [1.54, 1.807) is 9.80 Å². The van der Waals surface area contributed by atoms with E-state index in [4.69, 9.17) is 9.47 Å². The summed E-state index contributed by atoms with van der Waals surface area (Å²) >= 11 is 0. The Labute approximate surface area is 139 Å². The lowest BCUT2D eigenvalue weighted by Crippen LogP contribution is -2.41. The first-order chi connectivity index (χ1) is 11.5. The first-order valence-corrected chi connectivity index (χ1v) is 7.87. The predicted octanol–water partition coefficient (Wildman–Crippen LogP) is -0.333. The molecular weight excluding hydrogens is 314 g/mol. The minimum absolute atomic E-state index is 0.0612. The number of carbonyl (C=O) groups is 2. The number of nitrogens with zero attached hydrogens (tertiary/aromatic N) is 2. The van der Waals surface area contributed by atoms with Crippen molar-refractivity contribution in [2.75, 3.05) is 42.6 Å². The van der Waals surface area contributed by atoms with Gasteiger partial charge in [0.05, 0.1) is 19.3 Å². The number of nitrogens with one attached hydrogen (secondary N) is 1. The summed E-state index contributed by atoms with van der Waals surface area (Å²) < 4.78 is 10.6. The molecule has 2 heterocycles. The molecule has 0 aliphatic carbocycles. The third-order valence-electron chi connectivity index (χ3n) is 4.04. The number of morpholine rings is 1. The Balaban J connectivity index is 1.65. The molecule has 130 valence electrons. The molecule has 24 heavy (non-hydrogen) atoms. The van der Waals surface area contributed by atoms with Crippen LogP contribution in [0.4, 0.5) is 11.4 Å². The molecule has 0 spiro atoms. The van der Waals surface area contributed by atoms with Crippen LogP contribution in [0.3, 0.4) is 0 Å². The van der Waals surface area contributed by atoms with Crippen LogP contribution >= 0.6 is 0 Å². The van der Waals surface area contributed by atoms with E-state index < -0.39 is 6.41 Å². The molecule has 2 N–H and O–H groups in total. The minimum Gasteiger partial charge on any atom is -0.370 e. The topological polar surface area (TPSA) is 91.3 Å². The van der Waals surface area contributed by atoms with Crippen LogP contribution in [0.15, 0.2) is 24.3 Å². The Morgan fingerprint density at radius 3 is 2.71 bits per heavy atom. The summed E-state index contributed by atoms with van der Waals surface area (Å²) in [4.78, 5) is 26.2. The van der Waals surface area contributed by atoms with Crippen molar-refractivity contribution in [3.8, 4) is 0 Å². The predicted molar refractivity (Wildman–Crippen MR) is 86.5 cm³/mol. The highest BCUT2D eigenvalue weighted by Crippen LogP contribution is 2.26. The third-order valence-corrected chi connectivity index (χ3v) is 4.04. The summed E-state index contributed by atoms with van der Waals surface area (Å²) in [5.74, 6) is -0.194. The van der Waals surface area contributed by atoms with Crippen molar-refractivity contribution in [3.63, 3.8) is 0 Å². The number of amides is 2. The molecule has 0 saturated carbocycles. The van der Waals surface area contributed by atoms with Gasteiger partial charge in [0.15, 0.2) is 0 Å². The van der Waals surface area contributed by atoms with Gasteiger partial charge in [0.1, 0.15) is 6.61 Å². The molecule has 2 atom stereocenters. The zero-order valence-electron chi connectivity index (χ0n) is 13.5. The summed E-state index contributed by atoms with van der Waals surface area (Å²) in [6, 6.07) is 7.36. The maximum atomic E-state index is 11.9. The summed E-state index contributed by atoms with van der Waals surface area (Å²) in [5, 5.41) is 12.7. The molecule has 2 aliphatic heterocycles. The van der Waals surface area contributed by atoms with Crippen molar-refractivity contribution in [3.05, 3.63) is 24.3 Å². The molecule has 1 aromatic rings. The van der Waals surface area contributed by atoms with Gasteiger partial charge in [-0.25, -0.2) is 0 Å². The highest BCUT2D eigenvalue weighted by molar-refractivity contribution is 5.95. The standard InChI is InChI=1S/C16H21N3O5/c1-11(20)17-8-14-9-19(16(22)24-14)13-4-2-12(3-5-13)18-6-7-23-10-15(18)21/h2-5,14,16,22H,6-10H2,1H3,(H,17,20). The van der Waals surface area contributed by atoms with E-state index in [-0.39, 0.29) is 24.5 Å². The molecule has 0 aromatic heterocycles. The zero-order valence-corrected chi connectivity index (χ0v) is 13.5. The lowest BCUT2D eigenvalue weighted by Gasteiger charge is -2.27. The molecule has 2 aliphatic rings. The maximum absolute atomic E-state index is 11.9. The number of anilines is 2. The SMILES string of the molecule is CC(=O)NCC1CN(c2ccc(N3CCOCC3=O)cc2)C(O)O1. The number of rotatable bonds is 4. The monoisotopic (exact) mass is 335 g/mol. The van der Waals surface area contributed by atoms with Crippen molar-refractivity contribution in [1.29, 1.82) is 0 Å². The van der Waals surface area contributed by atoms with Crippen LogP contribution in [0.5, 0.6) is 0 Å². The van der Waals surface area contributed by atoms with Crippen molar-refractivity contribution < 1.29 is 24.2 Å². The van der Waals surface area contributed by atoms with E-state index in [1.807, 2.05) is 24.3 Å². The quantitative estimate of drug-likeness (QED) is 0.783. The van der Waals surface area contributed by atoms with E-state index in [1.165, 1.54) is 6.92 Å². The molecule has 2 unspecified atom stereocenters. The van der Waals surface area contributed by atoms with Gasteiger partial charge >= 0.3 is 0 Å². The summed E-state index contributed by atoms with van der Waals surface area (Å²) in [7, 11) is 0. The molecule has 2 saturated heterocycles. The molecular formula is C16H21N3O5. The zero-order chi connectivity index (χ0) is 17.1. The molecule has 2 amide bonds. The van der Waals surface area contributed by atoms with Gasteiger partial charge in [0.25, 0.3) is 5.91 Å². The Morgan fingerprint density at radius 1 is 1.33 bits per heavy atom. The number of hydrogen-bond donors (Lipinski definition) is 2. The van der Waals surface area contributed by atoms with Crippen LogP contribution in [0.2, 0.25) is 0 Å². The van der Waals surface area contributed by atoms with Crippen LogP contribution in [-0.2, 0) is 19.1 Å². The van der Waals surface area contributed by atoms with Crippen molar-refractivity contribution in [2.45, 2.75) is 19.4 Å². The molecule has 3 rings (SSSR count). The second-order valence-corrected chi connectivity index (χ2v) is 5.79. The summed E-state index contributed by atoms with van der Waals surface area (Å²) in [6.45, 7) is 3.42. The Bertz CT molecular complexity index is 606. The second-order valence-electron chi connectivity index (χ2n) is 5.79. The van der Waals surface area contributed by atoms with Crippen LogP contribution in [0.1, 0.15) is 6.92 Å². The largest absolute Gasteiger partial charge is 0.370 e. The Morgan fingerprint density at radius 2 is 2.04 bits per heavy atom. The van der Waals surface area contributed by atoms with Crippen molar-refractivity contribution >= 4 is 23.2 Å². The smallest absolute Gasteiger partial charge is 0.253 e. The molecule has 8 nitrogen and oxygen atoms in total. The van der Waals surface area contributed by atoms with E-state index in [0.29, 0.717) is 26.2 Å². The number of aliphatic hydroxyl groups is 1. The van der Waals surface area contributed by atoms with Crippen molar-refractivity contribution in [1.82, 2.24) is 5.32 Å². The average Bonchev–Trinajstić information content (AvgIpc) is 2.94. The highest BCUT2D eigenvalue weighted by Gasteiger charge is 2.31. The Hall–Kier alpha value is -2.16. The first-order valence-electron chi connectivity index (χ1n) is 7.87. The number of ether oxygens (including phenoxy) is 2. The molecule has 2 fully saturated rings. The van der Waals surface area contributed by atoms with Crippen molar-refractivity contribution in [2.24, 2.45) is 0 Å². The second kappa shape index (κ2) is 7.16. The van der Waals surface area contributed by atoms with E-state index in [0.717, 1.165) is 11.4 Å². The lowest BCUT2D eigenvalue weighted by molar-refractivity contribution is -0.125. The van der Waals surface area contributed by atoms with Crippen LogP contribution in [-0.4, -0.2) is 62.3 Å². The van der Waals surface area contributed by atoms with Crippen LogP contribution < -0.4 is 15.1 Å². The van der Waals surface area contributed by atoms with E-state index >= 15 is 0 Å². The third kappa shape index (κ3) is 3.66. The van der Waals surface area contributed by atoms with Gasteiger partial charge in [0, 0.05) is 31.4 Å². The van der Waals surface area contributed by atoms with Gasteiger partial charge in [-0.05, 0) is 24.3 Å².